The number of hydrogen-bond acceptors (Lipinski definition) is 3. The van der Waals surface area contributed by atoms with Crippen molar-refractivity contribution in [3.63, 3.8) is 0 Å². The molecule has 0 amide bonds. The number of carbonyl (C=O) groups is 1. The zero-order chi connectivity index (χ0) is 18.5. The number of aryl methyl sites for hydroxylation is 1. The second-order valence-electron chi connectivity index (χ2n) is 6.10. The highest BCUT2D eigenvalue weighted by atomic mass is 16.5. The maximum atomic E-state index is 11.1. The number of carboxylic acids is 1. The molecule has 2 aromatic carbocycles. The zero-order valence-corrected chi connectivity index (χ0v) is 14.9. The predicted octanol–water partition coefficient (Wildman–Crippen LogP) is 5.07. The Kier molecular flexibility index (Phi) is 5.32. The van der Waals surface area contributed by atoms with Gasteiger partial charge in [0.25, 0.3) is 0 Å². The molecule has 0 spiro atoms. The van der Waals surface area contributed by atoms with Crippen molar-refractivity contribution in [2.45, 2.75) is 19.8 Å². The van der Waals surface area contributed by atoms with Crippen molar-refractivity contribution in [1.29, 1.82) is 0 Å². The minimum absolute atomic E-state index is 0.275. The lowest BCUT2D eigenvalue weighted by molar-refractivity contribution is 0.0697. The number of hydrogen-bond donors (Lipinski definition) is 1. The molecule has 0 unspecified atom stereocenters. The summed E-state index contributed by atoms with van der Waals surface area (Å²) < 4.78 is 5.23. The first kappa shape index (κ1) is 17.7. The number of pyridine rings is 1. The molecule has 0 aliphatic carbocycles. The van der Waals surface area contributed by atoms with Crippen molar-refractivity contribution >= 4 is 5.97 Å². The van der Waals surface area contributed by atoms with E-state index in [0.29, 0.717) is 0 Å². The van der Waals surface area contributed by atoms with E-state index in [1.54, 1.807) is 19.2 Å². The smallest absolute Gasteiger partial charge is 0.335 e. The van der Waals surface area contributed by atoms with Gasteiger partial charge >= 0.3 is 5.97 Å². The summed E-state index contributed by atoms with van der Waals surface area (Å²) in [5, 5.41) is 9.12. The van der Waals surface area contributed by atoms with Gasteiger partial charge in [0.2, 0.25) is 0 Å². The van der Waals surface area contributed by atoms with Gasteiger partial charge in [-0.15, -0.1) is 0 Å². The third-order valence-corrected chi connectivity index (χ3v) is 4.29. The molecule has 0 saturated heterocycles. The van der Waals surface area contributed by atoms with Crippen LogP contribution in [0.15, 0.2) is 60.8 Å². The maximum Gasteiger partial charge on any atom is 0.335 e. The molecule has 0 atom stereocenters. The minimum atomic E-state index is -0.926. The molecule has 3 rings (SSSR count). The summed E-state index contributed by atoms with van der Waals surface area (Å²) in [5.41, 5.74) is 5.26. The van der Waals surface area contributed by atoms with Gasteiger partial charge in [0.05, 0.1) is 18.4 Å². The Bertz CT molecular complexity index is 900. The van der Waals surface area contributed by atoms with E-state index in [4.69, 9.17) is 14.8 Å². The van der Waals surface area contributed by atoms with Crippen molar-refractivity contribution in [3.05, 3.63) is 71.9 Å². The van der Waals surface area contributed by atoms with Crippen molar-refractivity contribution in [2.75, 3.05) is 7.11 Å². The first-order chi connectivity index (χ1) is 12.6. The van der Waals surface area contributed by atoms with Crippen LogP contribution in [0.5, 0.6) is 5.75 Å². The summed E-state index contributed by atoms with van der Waals surface area (Å²) in [7, 11) is 1.64. The molecule has 26 heavy (non-hydrogen) atoms. The molecule has 132 valence electrons. The van der Waals surface area contributed by atoms with E-state index in [2.05, 4.69) is 13.0 Å². The lowest BCUT2D eigenvalue weighted by Gasteiger charge is -2.12. The molecule has 0 aliphatic heterocycles. The number of aromatic carboxylic acids is 1. The summed E-state index contributed by atoms with van der Waals surface area (Å²) in [6.45, 7) is 2.14. The summed E-state index contributed by atoms with van der Waals surface area (Å²) >= 11 is 0. The van der Waals surface area contributed by atoms with Crippen LogP contribution >= 0.6 is 0 Å². The van der Waals surface area contributed by atoms with Crippen molar-refractivity contribution in [1.82, 2.24) is 4.98 Å². The topological polar surface area (TPSA) is 59.4 Å². The maximum absolute atomic E-state index is 11.1. The van der Waals surface area contributed by atoms with E-state index >= 15 is 0 Å². The summed E-state index contributed by atoms with van der Waals surface area (Å²) in [6.07, 6.45) is 3.91. The quantitative estimate of drug-likeness (QED) is 0.676. The fourth-order valence-electron chi connectivity index (χ4n) is 2.92. The van der Waals surface area contributed by atoms with E-state index < -0.39 is 5.97 Å². The summed E-state index contributed by atoms with van der Waals surface area (Å²) in [5.74, 6) is -0.131. The standard InChI is InChI=1S/C22H21NO3/c1-3-4-15-13-20(16-5-7-18(8-6-16)22(24)25)21(23-14-15)17-9-11-19(26-2)12-10-17/h5-14H,3-4H2,1-2H3,(H,24,25). The van der Waals surface area contributed by atoms with Crippen LogP contribution in [0.1, 0.15) is 29.3 Å². The lowest BCUT2D eigenvalue weighted by Crippen LogP contribution is -1.97. The average molecular weight is 347 g/mol. The van der Waals surface area contributed by atoms with Gasteiger partial charge < -0.3 is 9.84 Å². The molecule has 0 fully saturated rings. The van der Waals surface area contributed by atoms with Gasteiger partial charge in [-0.2, -0.15) is 0 Å². The number of nitrogens with zero attached hydrogens (tertiary/aromatic N) is 1. The molecule has 3 aromatic rings. The van der Waals surface area contributed by atoms with E-state index in [1.165, 1.54) is 5.56 Å². The van der Waals surface area contributed by atoms with E-state index in [9.17, 15) is 4.79 Å². The molecule has 0 saturated carbocycles. The molecule has 0 bridgehead atoms. The van der Waals surface area contributed by atoms with E-state index in [-0.39, 0.29) is 5.56 Å². The van der Waals surface area contributed by atoms with Crippen LogP contribution in [-0.4, -0.2) is 23.2 Å². The molecule has 1 N–H and O–H groups in total. The van der Waals surface area contributed by atoms with Crippen LogP contribution < -0.4 is 4.74 Å². The minimum Gasteiger partial charge on any atom is -0.497 e. The van der Waals surface area contributed by atoms with Gasteiger partial charge in [0, 0.05) is 17.3 Å². The summed E-state index contributed by atoms with van der Waals surface area (Å²) in [4.78, 5) is 15.8. The lowest BCUT2D eigenvalue weighted by atomic mass is 9.96. The van der Waals surface area contributed by atoms with E-state index in [1.807, 2.05) is 42.6 Å². The second-order valence-corrected chi connectivity index (χ2v) is 6.10. The van der Waals surface area contributed by atoms with E-state index in [0.717, 1.165) is 41.0 Å². The molecular weight excluding hydrogens is 326 g/mol. The molecule has 0 radical (unpaired) electrons. The predicted molar refractivity (Wildman–Crippen MR) is 103 cm³/mol. The second kappa shape index (κ2) is 7.83. The molecule has 0 aliphatic rings. The highest BCUT2D eigenvalue weighted by Gasteiger charge is 2.12. The Morgan fingerprint density at radius 3 is 2.27 bits per heavy atom. The molecule has 1 aromatic heterocycles. The molecule has 4 nitrogen and oxygen atoms in total. The first-order valence-electron chi connectivity index (χ1n) is 8.59. The Balaban J connectivity index is 2.10. The molecular formula is C22H21NO3. The SMILES string of the molecule is CCCc1cnc(-c2ccc(OC)cc2)c(-c2ccc(C(=O)O)cc2)c1. The highest BCUT2D eigenvalue weighted by Crippen LogP contribution is 2.32. The first-order valence-corrected chi connectivity index (χ1v) is 8.59. The number of carboxylic acid groups (broad SMARTS) is 1. The van der Waals surface area contributed by atoms with Crippen LogP contribution in [0.2, 0.25) is 0 Å². The van der Waals surface area contributed by atoms with Crippen LogP contribution in [0.3, 0.4) is 0 Å². The summed E-state index contributed by atoms with van der Waals surface area (Å²) in [6, 6.07) is 16.9. The Hall–Kier alpha value is -3.14. The Labute approximate surface area is 153 Å². The van der Waals surface area contributed by atoms with Gasteiger partial charge in [-0.3, -0.25) is 4.98 Å². The van der Waals surface area contributed by atoms with Crippen LogP contribution in [0.4, 0.5) is 0 Å². The third-order valence-electron chi connectivity index (χ3n) is 4.29. The molecule has 1 heterocycles. The number of ether oxygens (including phenoxy) is 1. The molecule has 4 heteroatoms. The largest absolute Gasteiger partial charge is 0.497 e. The fraction of sp³-hybridized carbons (Fsp3) is 0.182. The number of methoxy groups -OCH3 is 1. The van der Waals surface area contributed by atoms with Crippen LogP contribution in [0, 0.1) is 0 Å². The fourth-order valence-corrected chi connectivity index (χ4v) is 2.92. The number of benzene rings is 2. The normalized spacial score (nSPS) is 10.5. The highest BCUT2D eigenvalue weighted by molar-refractivity contribution is 5.89. The Morgan fingerprint density at radius 2 is 1.69 bits per heavy atom. The van der Waals surface area contributed by atoms with Crippen molar-refractivity contribution in [2.24, 2.45) is 0 Å². The van der Waals surface area contributed by atoms with Gasteiger partial charge in [-0.05, 0) is 60.0 Å². The number of aromatic nitrogens is 1. The zero-order valence-electron chi connectivity index (χ0n) is 14.9. The van der Waals surface area contributed by atoms with Gasteiger partial charge in [-0.1, -0.05) is 25.5 Å². The average Bonchev–Trinajstić information content (AvgIpc) is 2.68. The Morgan fingerprint density at radius 1 is 1.04 bits per heavy atom. The van der Waals surface area contributed by atoms with Crippen molar-refractivity contribution in [3.8, 4) is 28.1 Å². The van der Waals surface area contributed by atoms with Crippen LogP contribution in [-0.2, 0) is 6.42 Å². The van der Waals surface area contributed by atoms with Crippen molar-refractivity contribution < 1.29 is 14.6 Å². The van der Waals surface area contributed by atoms with Gasteiger partial charge in [0.15, 0.2) is 0 Å². The number of rotatable bonds is 6. The monoisotopic (exact) mass is 347 g/mol. The van der Waals surface area contributed by atoms with Gasteiger partial charge in [0.1, 0.15) is 5.75 Å². The van der Waals surface area contributed by atoms with Crippen LogP contribution in [0.25, 0.3) is 22.4 Å². The van der Waals surface area contributed by atoms with Gasteiger partial charge in [-0.25, -0.2) is 4.79 Å². The third kappa shape index (κ3) is 3.75.